The number of nitrogens with zero attached hydrogens (tertiary/aromatic N) is 3. The number of carboxylic acids is 1. The highest BCUT2D eigenvalue weighted by Gasteiger charge is 2.29. The molecule has 4 rings (SSSR count). The molecule has 1 unspecified atom stereocenters. The molecule has 0 radical (unpaired) electrons. The predicted molar refractivity (Wildman–Crippen MR) is 108 cm³/mol. The monoisotopic (exact) mass is 414 g/mol. The number of aromatic nitrogens is 2. The molecule has 1 saturated heterocycles. The van der Waals surface area contributed by atoms with Gasteiger partial charge in [-0.1, -0.05) is 6.07 Å². The van der Waals surface area contributed by atoms with Gasteiger partial charge in [-0.15, -0.1) is 0 Å². The van der Waals surface area contributed by atoms with Crippen molar-refractivity contribution >= 4 is 22.6 Å². The maximum absolute atomic E-state index is 15.6. The lowest BCUT2D eigenvalue weighted by Crippen LogP contribution is -2.46. The summed E-state index contributed by atoms with van der Waals surface area (Å²) in [7, 11) is 0. The molecule has 1 aliphatic rings. The molecule has 2 aromatic heterocycles. The van der Waals surface area contributed by atoms with Crippen LogP contribution in [0.4, 0.5) is 14.5 Å². The van der Waals surface area contributed by atoms with Crippen LogP contribution in [-0.4, -0.2) is 40.3 Å². The number of fused-ring (bicyclic) bond motifs is 1. The van der Waals surface area contributed by atoms with Gasteiger partial charge < -0.3 is 19.9 Å². The topological polar surface area (TPSA) is 87.5 Å². The first-order valence-electron chi connectivity index (χ1n) is 9.60. The molecule has 1 aliphatic heterocycles. The number of piperazine rings is 1. The van der Waals surface area contributed by atoms with Crippen molar-refractivity contribution in [2.75, 3.05) is 24.5 Å². The minimum Gasteiger partial charge on any atom is -0.477 e. The van der Waals surface area contributed by atoms with E-state index in [1.54, 1.807) is 24.1 Å². The van der Waals surface area contributed by atoms with Crippen molar-refractivity contribution in [3.05, 3.63) is 69.8 Å². The van der Waals surface area contributed by atoms with E-state index in [-0.39, 0.29) is 29.2 Å². The first kappa shape index (κ1) is 20.0. The largest absolute Gasteiger partial charge is 0.477 e. The fourth-order valence-electron chi connectivity index (χ4n) is 3.90. The van der Waals surface area contributed by atoms with Gasteiger partial charge in [0.25, 0.3) is 0 Å². The number of nitrogens with one attached hydrogen (secondary N) is 1. The number of pyridine rings is 2. The molecule has 0 spiro atoms. The average molecular weight is 414 g/mol. The van der Waals surface area contributed by atoms with Crippen LogP contribution in [-0.2, 0) is 6.54 Å². The van der Waals surface area contributed by atoms with Crippen molar-refractivity contribution in [1.82, 2.24) is 14.9 Å². The Balaban J connectivity index is 1.85. The van der Waals surface area contributed by atoms with Crippen LogP contribution >= 0.6 is 0 Å². The summed E-state index contributed by atoms with van der Waals surface area (Å²) in [6, 6.07) is 6.21. The lowest BCUT2D eigenvalue weighted by Gasteiger charge is -2.35. The van der Waals surface area contributed by atoms with Gasteiger partial charge in [-0.3, -0.25) is 9.78 Å². The van der Waals surface area contributed by atoms with Crippen molar-refractivity contribution in [3.63, 3.8) is 0 Å². The summed E-state index contributed by atoms with van der Waals surface area (Å²) in [6.07, 6.45) is 2.76. The Morgan fingerprint density at radius 1 is 1.37 bits per heavy atom. The van der Waals surface area contributed by atoms with E-state index in [0.717, 1.165) is 18.0 Å². The Morgan fingerprint density at radius 3 is 2.83 bits per heavy atom. The number of anilines is 1. The van der Waals surface area contributed by atoms with Gasteiger partial charge in [-0.05, 0) is 25.1 Å². The fraction of sp³-hybridized carbons (Fsp3) is 0.286. The molecule has 0 bridgehead atoms. The first-order valence-corrected chi connectivity index (χ1v) is 9.60. The molecular formula is C21H20F2N4O3. The van der Waals surface area contributed by atoms with Crippen LogP contribution in [0.5, 0.6) is 0 Å². The summed E-state index contributed by atoms with van der Waals surface area (Å²) >= 11 is 0. The number of aromatic carboxylic acids is 1. The molecule has 1 aromatic carbocycles. The number of carboxylic acid groups (broad SMARTS) is 1. The number of halogens is 2. The molecule has 0 amide bonds. The second kappa shape index (κ2) is 7.83. The molecule has 7 nitrogen and oxygen atoms in total. The maximum Gasteiger partial charge on any atom is 0.341 e. The molecular weight excluding hydrogens is 394 g/mol. The summed E-state index contributed by atoms with van der Waals surface area (Å²) in [6.45, 7) is 3.07. The molecule has 1 fully saturated rings. The zero-order chi connectivity index (χ0) is 21.4. The third kappa shape index (κ3) is 3.30. The second-order valence-electron chi connectivity index (χ2n) is 7.09. The number of aryl methyl sites for hydroxylation is 1. The third-order valence-corrected chi connectivity index (χ3v) is 5.34. The van der Waals surface area contributed by atoms with E-state index in [0.29, 0.717) is 19.6 Å². The SMILES string of the molecule is CCn1cc(C(=O)O)c(=O)c2cc(F)c(N3CCNC(c4ccccn4)C3)c(F)c21. The highest BCUT2D eigenvalue weighted by atomic mass is 19.1. The Labute approximate surface area is 170 Å². The summed E-state index contributed by atoms with van der Waals surface area (Å²) in [4.78, 5) is 29.8. The summed E-state index contributed by atoms with van der Waals surface area (Å²) in [5.41, 5.74) is -0.988. The van der Waals surface area contributed by atoms with Gasteiger partial charge in [-0.2, -0.15) is 0 Å². The van der Waals surface area contributed by atoms with Crippen LogP contribution in [0.3, 0.4) is 0 Å². The molecule has 1 atom stereocenters. The van der Waals surface area contributed by atoms with Crippen molar-refractivity contribution in [2.45, 2.75) is 19.5 Å². The molecule has 156 valence electrons. The Kier molecular flexibility index (Phi) is 5.21. The van der Waals surface area contributed by atoms with Gasteiger partial charge in [0, 0.05) is 38.6 Å². The summed E-state index contributed by atoms with van der Waals surface area (Å²) in [5, 5.41) is 12.3. The molecule has 3 heterocycles. The molecule has 2 N–H and O–H groups in total. The average Bonchev–Trinajstić information content (AvgIpc) is 2.75. The van der Waals surface area contributed by atoms with Crippen LogP contribution in [0.15, 0.2) is 41.5 Å². The van der Waals surface area contributed by atoms with E-state index in [9.17, 15) is 14.7 Å². The Hall–Kier alpha value is -3.33. The normalized spacial score (nSPS) is 16.8. The second-order valence-corrected chi connectivity index (χ2v) is 7.09. The minimum atomic E-state index is -1.44. The molecule has 30 heavy (non-hydrogen) atoms. The van der Waals surface area contributed by atoms with Crippen LogP contribution in [0, 0.1) is 11.6 Å². The van der Waals surface area contributed by atoms with Crippen molar-refractivity contribution in [1.29, 1.82) is 0 Å². The zero-order valence-electron chi connectivity index (χ0n) is 16.2. The van der Waals surface area contributed by atoms with Gasteiger partial charge in [0.15, 0.2) is 5.82 Å². The van der Waals surface area contributed by atoms with Gasteiger partial charge in [0.1, 0.15) is 17.1 Å². The molecule has 3 aromatic rings. The van der Waals surface area contributed by atoms with Gasteiger partial charge in [-0.25, -0.2) is 13.6 Å². The summed E-state index contributed by atoms with van der Waals surface area (Å²) in [5.74, 6) is -3.21. The van der Waals surface area contributed by atoms with E-state index in [1.807, 2.05) is 12.1 Å². The van der Waals surface area contributed by atoms with Gasteiger partial charge >= 0.3 is 5.97 Å². The van der Waals surface area contributed by atoms with Crippen molar-refractivity contribution in [2.24, 2.45) is 0 Å². The Bertz CT molecular complexity index is 1180. The van der Waals surface area contributed by atoms with Crippen LogP contribution in [0.2, 0.25) is 0 Å². The highest BCUT2D eigenvalue weighted by molar-refractivity contribution is 5.93. The van der Waals surface area contributed by atoms with Crippen molar-refractivity contribution in [3.8, 4) is 0 Å². The maximum atomic E-state index is 15.6. The standard InChI is InChI=1S/C21H20F2N4O3/c1-2-26-10-13(21(29)30)20(28)12-9-14(22)19(17(23)18(12)26)27-8-7-25-16(11-27)15-5-3-4-6-24-15/h3-6,9-10,16,25H,2,7-8,11H2,1H3,(H,29,30). The molecule has 0 saturated carbocycles. The van der Waals surface area contributed by atoms with E-state index in [4.69, 9.17) is 0 Å². The van der Waals surface area contributed by atoms with Gasteiger partial charge in [0.2, 0.25) is 5.43 Å². The lowest BCUT2D eigenvalue weighted by molar-refractivity contribution is 0.0695. The van der Waals surface area contributed by atoms with Crippen LogP contribution < -0.4 is 15.6 Å². The van der Waals surface area contributed by atoms with Crippen LogP contribution in [0.25, 0.3) is 10.9 Å². The smallest absolute Gasteiger partial charge is 0.341 e. The minimum absolute atomic E-state index is 0.100. The van der Waals surface area contributed by atoms with E-state index >= 15 is 8.78 Å². The summed E-state index contributed by atoms with van der Waals surface area (Å²) < 4.78 is 31.9. The number of rotatable bonds is 4. The Morgan fingerprint density at radius 2 is 2.17 bits per heavy atom. The number of carbonyl (C=O) groups is 1. The highest BCUT2D eigenvalue weighted by Crippen LogP contribution is 2.32. The van der Waals surface area contributed by atoms with Crippen molar-refractivity contribution < 1.29 is 18.7 Å². The van der Waals surface area contributed by atoms with E-state index in [1.165, 1.54) is 4.57 Å². The predicted octanol–water partition coefficient (Wildman–Crippen LogP) is 2.54. The zero-order valence-corrected chi connectivity index (χ0v) is 16.2. The third-order valence-electron chi connectivity index (χ3n) is 5.34. The van der Waals surface area contributed by atoms with Crippen LogP contribution in [0.1, 0.15) is 29.0 Å². The molecule has 9 heteroatoms. The lowest BCUT2D eigenvalue weighted by atomic mass is 10.1. The number of hydrogen-bond donors (Lipinski definition) is 2. The quantitative estimate of drug-likeness (QED) is 0.682. The van der Waals surface area contributed by atoms with E-state index < -0.39 is 28.6 Å². The number of benzene rings is 1. The fourth-order valence-corrected chi connectivity index (χ4v) is 3.90. The number of hydrogen-bond acceptors (Lipinski definition) is 5. The molecule has 0 aliphatic carbocycles. The van der Waals surface area contributed by atoms with E-state index in [2.05, 4.69) is 10.3 Å². The van der Waals surface area contributed by atoms with Gasteiger partial charge in [0.05, 0.1) is 22.6 Å². The first-order chi connectivity index (χ1) is 14.4.